The summed E-state index contributed by atoms with van der Waals surface area (Å²) in [5.74, 6) is 2.52. The van der Waals surface area contributed by atoms with Crippen LogP contribution in [0.1, 0.15) is 26.7 Å². The van der Waals surface area contributed by atoms with E-state index in [4.69, 9.17) is 0 Å². The Labute approximate surface area is 101 Å². The van der Waals surface area contributed by atoms with E-state index < -0.39 is 10.8 Å². The average Bonchev–Trinajstić information content (AvgIpc) is 3.10. The van der Waals surface area contributed by atoms with E-state index in [2.05, 4.69) is 17.1 Å². The smallest absolute Gasteiger partial charge is 0.0362 e. The SMILES string of the molecule is CCS(=O)CCN1CCNC(C)(C2CC2)C1. The van der Waals surface area contributed by atoms with Gasteiger partial charge in [0.25, 0.3) is 0 Å². The third-order valence-electron chi connectivity index (χ3n) is 3.94. The molecule has 2 atom stereocenters. The monoisotopic (exact) mass is 244 g/mol. The molecule has 2 rings (SSSR count). The first kappa shape index (κ1) is 12.5. The number of nitrogens with zero attached hydrogens (tertiary/aromatic N) is 1. The Hall–Kier alpha value is 0.0700. The minimum absolute atomic E-state index is 0.325. The topological polar surface area (TPSA) is 32.3 Å². The quantitative estimate of drug-likeness (QED) is 0.777. The Kier molecular flexibility index (Phi) is 4.03. The third kappa shape index (κ3) is 3.05. The fourth-order valence-corrected chi connectivity index (χ4v) is 3.41. The maximum absolute atomic E-state index is 11.4. The Morgan fingerprint density at radius 2 is 2.25 bits per heavy atom. The van der Waals surface area contributed by atoms with Gasteiger partial charge >= 0.3 is 0 Å². The van der Waals surface area contributed by atoms with Gasteiger partial charge in [-0.3, -0.25) is 9.11 Å². The predicted molar refractivity (Wildman–Crippen MR) is 69.1 cm³/mol. The van der Waals surface area contributed by atoms with E-state index in [0.717, 1.165) is 43.6 Å². The lowest BCUT2D eigenvalue weighted by Gasteiger charge is -2.42. The standard InChI is InChI=1S/C12H24N2OS/c1-3-16(15)9-8-14-7-6-13-12(2,10-14)11-4-5-11/h11,13H,3-10H2,1-2H3. The van der Waals surface area contributed by atoms with Gasteiger partial charge in [0.15, 0.2) is 0 Å². The van der Waals surface area contributed by atoms with Crippen LogP contribution < -0.4 is 5.32 Å². The van der Waals surface area contributed by atoms with Crippen molar-refractivity contribution in [2.75, 3.05) is 37.7 Å². The number of nitrogens with one attached hydrogen (secondary N) is 1. The zero-order valence-corrected chi connectivity index (χ0v) is 11.3. The number of hydrogen-bond donors (Lipinski definition) is 1. The maximum atomic E-state index is 11.4. The summed E-state index contributed by atoms with van der Waals surface area (Å²) in [7, 11) is -0.611. The van der Waals surface area contributed by atoms with Crippen LogP contribution >= 0.6 is 0 Å². The first-order chi connectivity index (χ1) is 7.64. The van der Waals surface area contributed by atoms with Crippen molar-refractivity contribution in [2.24, 2.45) is 5.92 Å². The van der Waals surface area contributed by atoms with Crippen LogP contribution in [0.2, 0.25) is 0 Å². The molecule has 1 aliphatic heterocycles. The van der Waals surface area contributed by atoms with E-state index in [1.165, 1.54) is 12.8 Å². The summed E-state index contributed by atoms with van der Waals surface area (Å²) >= 11 is 0. The first-order valence-corrected chi connectivity index (χ1v) is 7.95. The van der Waals surface area contributed by atoms with Gasteiger partial charge < -0.3 is 5.32 Å². The van der Waals surface area contributed by atoms with Crippen molar-refractivity contribution in [1.29, 1.82) is 0 Å². The van der Waals surface area contributed by atoms with Crippen molar-refractivity contribution in [2.45, 2.75) is 32.2 Å². The van der Waals surface area contributed by atoms with Gasteiger partial charge in [0.1, 0.15) is 0 Å². The molecule has 2 aliphatic rings. The van der Waals surface area contributed by atoms with Gasteiger partial charge in [0.05, 0.1) is 0 Å². The van der Waals surface area contributed by atoms with Gasteiger partial charge in [-0.1, -0.05) is 6.92 Å². The molecule has 1 N–H and O–H groups in total. The molecule has 0 spiro atoms. The molecule has 0 bridgehead atoms. The van der Waals surface area contributed by atoms with Crippen LogP contribution in [-0.2, 0) is 10.8 Å². The van der Waals surface area contributed by atoms with Crippen molar-refractivity contribution in [3.63, 3.8) is 0 Å². The van der Waals surface area contributed by atoms with Crippen molar-refractivity contribution in [1.82, 2.24) is 10.2 Å². The van der Waals surface area contributed by atoms with Crippen LogP contribution in [0, 0.1) is 5.92 Å². The average molecular weight is 244 g/mol. The lowest BCUT2D eigenvalue weighted by atomic mass is 9.93. The summed E-state index contributed by atoms with van der Waals surface area (Å²) in [4.78, 5) is 2.49. The molecular formula is C12H24N2OS. The molecule has 3 nitrogen and oxygen atoms in total. The van der Waals surface area contributed by atoms with Gasteiger partial charge in [0, 0.05) is 54.0 Å². The van der Waals surface area contributed by atoms with E-state index in [0.29, 0.717) is 5.54 Å². The van der Waals surface area contributed by atoms with Gasteiger partial charge in [-0.05, 0) is 25.7 Å². The summed E-state index contributed by atoms with van der Waals surface area (Å²) in [6, 6.07) is 0. The van der Waals surface area contributed by atoms with E-state index in [1.54, 1.807) is 0 Å². The highest BCUT2D eigenvalue weighted by Crippen LogP contribution is 2.40. The van der Waals surface area contributed by atoms with Crippen LogP contribution in [-0.4, -0.2) is 52.3 Å². The lowest BCUT2D eigenvalue weighted by Crippen LogP contribution is -2.60. The molecule has 0 amide bonds. The Balaban J connectivity index is 1.80. The molecule has 1 saturated heterocycles. The summed E-state index contributed by atoms with van der Waals surface area (Å²) in [6.07, 6.45) is 2.77. The highest BCUT2D eigenvalue weighted by molar-refractivity contribution is 7.84. The van der Waals surface area contributed by atoms with Crippen LogP contribution in [0.4, 0.5) is 0 Å². The largest absolute Gasteiger partial charge is 0.309 e. The molecule has 2 fully saturated rings. The number of hydrogen-bond acceptors (Lipinski definition) is 3. The highest BCUT2D eigenvalue weighted by Gasteiger charge is 2.43. The minimum Gasteiger partial charge on any atom is -0.309 e. The molecule has 0 aromatic carbocycles. The second-order valence-electron chi connectivity index (χ2n) is 5.33. The molecule has 1 saturated carbocycles. The fourth-order valence-electron chi connectivity index (χ4n) is 2.66. The second-order valence-corrected chi connectivity index (χ2v) is 7.19. The van der Waals surface area contributed by atoms with Crippen LogP contribution in [0.3, 0.4) is 0 Å². The zero-order chi connectivity index (χ0) is 11.6. The van der Waals surface area contributed by atoms with Crippen LogP contribution in [0.15, 0.2) is 0 Å². The Bertz CT molecular complexity index is 268. The van der Waals surface area contributed by atoms with Gasteiger partial charge in [-0.2, -0.15) is 0 Å². The van der Waals surface area contributed by atoms with Gasteiger partial charge in [0.2, 0.25) is 0 Å². The van der Waals surface area contributed by atoms with E-state index in [-0.39, 0.29) is 0 Å². The molecule has 0 radical (unpaired) electrons. The Morgan fingerprint density at radius 1 is 1.50 bits per heavy atom. The van der Waals surface area contributed by atoms with E-state index in [1.807, 2.05) is 6.92 Å². The maximum Gasteiger partial charge on any atom is 0.0362 e. The van der Waals surface area contributed by atoms with Crippen molar-refractivity contribution in [3.8, 4) is 0 Å². The molecule has 1 aliphatic carbocycles. The molecule has 1 heterocycles. The number of rotatable bonds is 5. The summed E-state index contributed by atoms with van der Waals surface area (Å²) in [6.45, 7) is 8.70. The van der Waals surface area contributed by atoms with Crippen molar-refractivity contribution >= 4 is 10.8 Å². The minimum atomic E-state index is -0.611. The summed E-state index contributed by atoms with van der Waals surface area (Å²) < 4.78 is 11.4. The lowest BCUT2D eigenvalue weighted by molar-refractivity contribution is 0.133. The molecule has 94 valence electrons. The molecule has 0 aromatic rings. The molecule has 4 heteroatoms. The van der Waals surface area contributed by atoms with Gasteiger partial charge in [-0.15, -0.1) is 0 Å². The Morgan fingerprint density at radius 3 is 2.88 bits per heavy atom. The van der Waals surface area contributed by atoms with Crippen LogP contribution in [0.25, 0.3) is 0 Å². The molecule has 2 unspecified atom stereocenters. The first-order valence-electron chi connectivity index (χ1n) is 6.46. The summed E-state index contributed by atoms with van der Waals surface area (Å²) in [5, 5.41) is 3.67. The molecular weight excluding hydrogens is 220 g/mol. The van der Waals surface area contributed by atoms with Crippen LogP contribution in [0.5, 0.6) is 0 Å². The number of piperazine rings is 1. The fraction of sp³-hybridized carbons (Fsp3) is 1.00. The van der Waals surface area contributed by atoms with Gasteiger partial charge in [-0.25, -0.2) is 0 Å². The molecule has 16 heavy (non-hydrogen) atoms. The van der Waals surface area contributed by atoms with Crippen molar-refractivity contribution < 1.29 is 4.21 Å². The molecule has 0 aromatic heterocycles. The summed E-state index contributed by atoms with van der Waals surface area (Å²) in [5.41, 5.74) is 0.325. The van der Waals surface area contributed by atoms with E-state index in [9.17, 15) is 4.21 Å². The van der Waals surface area contributed by atoms with E-state index >= 15 is 0 Å². The zero-order valence-electron chi connectivity index (χ0n) is 10.5. The van der Waals surface area contributed by atoms with Crippen molar-refractivity contribution in [3.05, 3.63) is 0 Å². The highest BCUT2D eigenvalue weighted by atomic mass is 32.2. The predicted octanol–water partition coefficient (Wildman–Crippen LogP) is 0.829. The second kappa shape index (κ2) is 5.15. The normalized spacial score (nSPS) is 33.9. The third-order valence-corrected chi connectivity index (χ3v) is 5.23.